The molecule has 0 bridgehead atoms. The van der Waals surface area contributed by atoms with Gasteiger partial charge in [0.05, 0.1) is 0 Å². The van der Waals surface area contributed by atoms with Gasteiger partial charge in [-0.3, -0.25) is 4.79 Å². The van der Waals surface area contributed by atoms with E-state index in [1.165, 1.54) is 5.56 Å². The Morgan fingerprint density at radius 3 is 2.40 bits per heavy atom. The molecule has 1 atom stereocenters. The average Bonchev–Trinajstić information content (AvgIpc) is 3.08. The molecule has 1 saturated carbocycles. The maximum absolute atomic E-state index is 12.5. The molecule has 3 rings (SSSR count). The molecule has 0 radical (unpaired) electrons. The smallest absolute Gasteiger partial charge is 0.228 e. The first-order chi connectivity index (χ1) is 9.52. The summed E-state index contributed by atoms with van der Waals surface area (Å²) in [6, 6.07) is 4.27. The Kier molecular flexibility index (Phi) is 3.33. The molecule has 1 aromatic carbocycles. The van der Waals surface area contributed by atoms with E-state index >= 15 is 0 Å². The summed E-state index contributed by atoms with van der Waals surface area (Å²) >= 11 is 0. The topological polar surface area (TPSA) is 41.1 Å². The van der Waals surface area contributed by atoms with Crippen LogP contribution in [0.1, 0.15) is 36.0 Å². The summed E-state index contributed by atoms with van der Waals surface area (Å²) in [7, 11) is 0. The van der Waals surface area contributed by atoms with Crippen LogP contribution >= 0.6 is 0 Å². The fraction of sp³-hybridized carbons (Fsp3) is 0.588. The summed E-state index contributed by atoms with van der Waals surface area (Å²) in [5.41, 5.74) is 4.89. The van der Waals surface area contributed by atoms with Gasteiger partial charge in [-0.2, -0.15) is 0 Å². The Bertz CT molecular complexity index is 521. The largest absolute Gasteiger partial charge is 0.325 e. The van der Waals surface area contributed by atoms with Gasteiger partial charge in [-0.15, -0.1) is 0 Å². The van der Waals surface area contributed by atoms with E-state index < -0.39 is 0 Å². The molecule has 2 aliphatic rings. The maximum atomic E-state index is 12.5. The zero-order valence-corrected chi connectivity index (χ0v) is 12.7. The van der Waals surface area contributed by atoms with E-state index in [1.807, 2.05) is 0 Å². The van der Waals surface area contributed by atoms with E-state index in [0.717, 1.165) is 49.2 Å². The zero-order valence-electron chi connectivity index (χ0n) is 12.7. The Hall–Kier alpha value is -1.35. The van der Waals surface area contributed by atoms with Gasteiger partial charge in [-0.1, -0.05) is 17.7 Å². The van der Waals surface area contributed by atoms with E-state index in [4.69, 9.17) is 0 Å². The fourth-order valence-electron chi connectivity index (χ4n) is 3.78. The Balaban J connectivity index is 1.72. The van der Waals surface area contributed by atoms with Crippen LogP contribution in [0.15, 0.2) is 12.1 Å². The maximum Gasteiger partial charge on any atom is 0.228 e. The molecule has 2 fully saturated rings. The summed E-state index contributed by atoms with van der Waals surface area (Å²) in [4.78, 5) is 12.5. The van der Waals surface area contributed by atoms with Crippen LogP contribution < -0.4 is 10.6 Å². The van der Waals surface area contributed by atoms with Crippen molar-refractivity contribution >= 4 is 11.6 Å². The summed E-state index contributed by atoms with van der Waals surface area (Å²) in [6.45, 7) is 8.36. The summed E-state index contributed by atoms with van der Waals surface area (Å²) in [6.07, 6.45) is 3.37. The molecule has 1 aromatic rings. The number of piperidine rings is 1. The lowest BCUT2D eigenvalue weighted by atomic mass is 9.91. The first kappa shape index (κ1) is 13.6. The standard InChI is InChI=1S/C17H24N2O/c1-11-8-12(2)15(13(3)9-11)19-16(20)14-10-17(14)4-6-18-7-5-17/h8-9,14,18H,4-7,10H2,1-3H3,(H,19,20). The minimum absolute atomic E-state index is 0.224. The molecule has 1 amide bonds. The predicted molar refractivity (Wildman–Crippen MR) is 81.9 cm³/mol. The molecule has 20 heavy (non-hydrogen) atoms. The van der Waals surface area contributed by atoms with Gasteiger partial charge in [-0.25, -0.2) is 0 Å². The summed E-state index contributed by atoms with van der Waals surface area (Å²) in [5, 5.41) is 6.56. The molecule has 1 spiro atoms. The van der Waals surface area contributed by atoms with Crippen molar-refractivity contribution in [2.45, 2.75) is 40.0 Å². The van der Waals surface area contributed by atoms with Crippen LogP contribution in [0.3, 0.4) is 0 Å². The first-order valence-electron chi connectivity index (χ1n) is 7.61. The fourth-order valence-corrected chi connectivity index (χ4v) is 3.78. The van der Waals surface area contributed by atoms with Crippen molar-refractivity contribution in [3.63, 3.8) is 0 Å². The van der Waals surface area contributed by atoms with E-state index in [1.54, 1.807) is 0 Å². The molecular weight excluding hydrogens is 248 g/mol. The monoisotopic (exact) mass is 272 g/mol. The molecule has 1 saturated heterocycles. The second-order valence-corrected chi connectivity index (χ2v) is 6.63. The normalized spacial score (nSPS) is 23.6. The molecule has 3 nitrogen and oxygen atoms in total. The lowest BCUT2D eigenvalue weighted by Crippen LogP contribution is -2.31. The second-order valence-electron chi connectivity index (χ2n) is 6.63. The number of hydrogen-bond donors (Lipinski definition) is 2. The highest BCUT2D eigenvalue weighted by atomic mass is 16.2. The highest BCUT2D eigenvalue weighted by Gasteiger charge is 2.57. The third-order valence-corrected chi connectivity index (χ3v) is 5.03. The number of benzene rings is 1. The number of hydrogen-bond acceptors (Lipinski definition) is 2. The van der Waals surface area contributed by atoms with Gasteiger partial charge >= 0.3 is 0 Å². The van der Waals surface area contributed by atoms with Gasteiger partial charge in [0.1, 0.15) is 0 Å². The number of nitrogens with one attached hydrogen (secondary N) is 2. The van der Waals surface area contributed by atoms with Gasteiger partial charge in [-0.05, 0) is 69.7 Å². The summed E-state index contributed by atoms with van der Waals surface area (Å²) < 4.78 is 0. The van der Waals surface area contributed by atoms with Crippen molar-refractivity contribution < 1.29 is 4.79 Å². The minimum Gasteiger partial charge on any atom is -0.325 e. The van der Waals surface area contributed by atoms with Crippen molar-refractivity contribution in [1.82, 2.24) is 5.32 Å². The second kappa shape index (κ2) is 4.88. The van der Waals surface area contributed by atoms with Crippen LogP contribution in [-0.4, -0.2) is 19.0 Å². The third-order valence-electron chi connectivity index (χ3n) is 5.03. The number of anilines is 1. The van der Waals surface area contributed by atoms with Crippen molar-refractivity contribution in [2.24, 2.45) is 11.3 Å². The Labute approximate surface area is 121 Å². The lowest BCUT2D eigenvalue weighted by molar-refractivity contribution is -0.118. The molecule has 1 aliphatic heterocycles. The van der Waals surface area contributed by atoms with Crippen LogP contribution in [0.25, 0.3) is 0 Å². The molecule has 1 heterocycles. The molecule has 1 unspecified atom stereocenters. The van der Waals surface area contributed by atoms with Crippen LogP contribution in [-0.2, 0) is 4.79 Å². The van der Waals surface area contributed by atoms with Crippen LogP contribution in [0.5, 0.6) is 0 Å². The molecule has 108 valence electrons. The average molecular weight is 272 g/mol. The SMILES string of the molecule is Cc1cc(C)c(NC(=O)C2CC23CCNCC3)c(C)c1. The third kappa shape index (κ3) is 2.35. The highest BCUT2D eigenvalue weighted by molar-refractivity contribution is 5.96. The van der Waals surface area contributed by atoms with E-state index in [0.29, 0.717) is 5.41 Å². The number of carbonyl (C=O) groups is 1. The lowest BCUT2D eigenvalue weighted by Gasteiger charge is -2.23. The van der Waals surface area contributed by atoms with E-state index in [9.17, 15) is 4.79 Å². The van der Waals surface area contributed by atoms with Crippen LogP contribution in [0.4, 0.5) is 5.69 Å². The Morgan fingerprint density at radius 2 is 1.80 bits per heavy atom. The van der Waals surface area contributed by atoms with Crippen molar-refractivity contribution in [2.75, 3.05) is 18.4 Å². The molecule has 2 N–H and O–H groups in total. The van der Waals surface area contributed by atoms with Gasteiger partial charge < -0.3 is 10.6 Å². The van der Waals surface area contributed by atoms with E-state index in [2.05, 4.69) is 43.5 Å². The molecular formula is C17H24N2O. The van der Waals surface area contributed by atoms with Crippen molar-refractivity contribution in [3.05, 3.63) is 28.8 Å². The Morgan fingerprint density at radius 1 is 1.20 bits per heavy atom. The van der Waals surface area contributed by atoms with Crippen LogP contribution in [0.2, 0.25) is 0 Å². The zero-order chi connectivity index (χ0) is 14.3. The number of rotatable bonds is 2. The van der Waals surface area contributed by atoms with Crippen LogP contribution in [0, 0.1) is 32.1 Å². The van der Waals surface area contributed by atoms with Crippen molar-refractivity contribution in [1.29, 1.82) is 0 Å². The first-order valence-corrected chi connectivity index (χ1v) is 7.61. The van der Waals surface area contributed by atoms with Crippen molar-refractivity contribution in [3.8, 4) is 0 Å². The quantitative estimate of drug-likeness (QED) is 0.869. The van der Waals surface area contributed by atoms with Gasteiger partial charge in [0.25, 0.3) is 0 Å². The number of carbonyl (C=O) groups excluding carboxylic acids is 1. The summed E-state index contributed by atoms with van der Waals surface area (Å²) in [5.74, 6) is 0.451. The van der Waals surface area contributed by atoms with Gasteiger partial charge in [0.15, 0.2) is 0 Å². The highest BCUT2D eigenvalue weighted by Crippen LogP contribution is 2.58. The van der Waals surface area contributed by atoms with E-state index in [-0.39, 0.29) is 11.8 Å². The molecule has 1 aliphatic carbocycles. The van der Waals surface area contributed by atoms with Gasteiger partial charge in [0.2, 0.25) is 5.91 Å². The molecule has 3 heteroatoms. The predicted octanol–water partition coefficient (Wildman–Crippen LogP) is 2.94. The minimum atomic E-state index is 0.224. The molecule has 0 aromatic heterocycles. The van der Waals surface area contributed by atoms with Gasteiger partial charge in [0, 0.05) is 11.6 Å². The number of amides is 1. The number of aryl methyl sites for hydroxylation is 3.